The Kier molecular flexibility index (Phi) is 4.71. The van der Waals surface area contributed by atoms with E-state index in [4.69, 9.17) is 16.8 Å². The second-order valence-electron chi connectivity index (χ2n) is 11.3. The fraction of sp³-hybridized carbons (Fsp3) is 0. The molecule has 0 radical (unpaired) electrons. The SMILES string of the molecule is [2H]C=C([2H])c1c(C([2H])=C[2H])c(-c2ccc(-c3c([2H])c([2H])c([2H])c([2H])c3[2H])c(C=C)c2C=C)c2c([2H])c([2H])c([2H])c([2H])c2c1-c1cccc(-c2ccc3c(c2)oc2ccccc23)c1. The van der Waals surface area contributed by atoms with E-state index >= 15 is 0 Å². The Balaban J connectivity index is 1.52. The molecule has 1 aromatic heterocycles. The molecule has 0 saturated carbocycles. The number of rotatable bonds is 8. The van der Waals surface area contributed by atoms with Crippen molar-refractivity contribution in [3.05, 3.63) is 182 Å². The van der Waals surface area contributed by atoms with Crippen molar-refractivity contribution in [3.63, 3.8) is 0 Å². The fourth-order valence-electron chi connectivity index (χ4n) is 6.69. The van der Waals surface area contributed by atoms with Crippen LogP contribution in [0.4, 0.5) is 0 Å². The molecule has 0 aliphatic rings. The van der Waals surface area contributed by atoms with Crippen LogP contribution in [0.25, 0.3) is 101 Å². The Hall–Kier alpha value is -6.44. The third-order valence-corrected chi connectivity index (χ3v) is 8.82. The zero-order valence-corrected chi connectivity index (χ0v) is 26.1. The average Bonchev–Trinajstić information content (AvgIpc) is 3.67. The standard InChI is InChI=1S/C48H34O/c1-5-35-36(6-2)44(28-27-39(35)31-17-10-9-11-18-31)48-38(8-4)37(7-3)47(42-22-12-13-23-43(42)48)34-20-16-19-32(29-34)33-25-26-41-40-21-14-15-24-45(40)49-46(41)30-33/h5-30H,1-4H2/i3D,4D,7D,8D,9D,10D,11D,12D,13D,17D,18D,22D,23D. The molecule has 1 heterocycles. The zero-order chi connectivity index (χ0) is 44.5. The third-order valence-electron chi connectivity index (χ3n) is 8.82. The second kappa shape index (κ2) is 12.3. The van der Waals surface area contributed by atoms with Crippen molar-refractivity contribution >= 4 is 57.0 Å². The van der Waals surface area contributed by atoms with Crippen LogP contribution in [-0.4, -0.2) is 0 Å². The highest BCUT2D eigenvalue weighted by molar-refractivity contribution is 6.13. The summed E-state index contributed by atoms with van der Waals surface area (Å²) in [5, 5.41) is 1.83. The summed E-state index contributed by atoms with van der Waals surface area (Å²) < 4.78 is 120. The molecule has 49 heavy (non-hydrogen) atoms. The number of para-hydroxylation sites is 1. The van der Waals surface area contributed by atoms with Gasteiger partial charge in [-0.3, -0.25) is 0 Å². The molecule has 0 bridgehead atoms. The molecule has 7 aromatic carbocycles. The zero-order valence-electron chi connectivity index (χ0n) is 39.1. The van der Waals surface area contributed by atoms with E-state index in [0.29, 0.717) is 16.7 Å². The number of hydrogen-bond donors (Lipinski definition) is 0. The lowest BCUT2D eigenvalue weighted by molar-refractivity contribution is 0.669. The lowest BCUT2D eigenvalue weighted by atomic mass is 9.80. The van der Waals surface area contributed by atoms with Gasteiger partial charge in [0.2, 0.25) is 0 Å². The molecule has 0 spiro atoms. The van der Waals surface area contributed by atoms with E-state index in [1.54, 1.807) is 18.2 Å². The van der Waals surface area contributed by atoms with Crippen LogP contribution >= 0.6 is 0 Å². The van der Waals surface area contributed by atoms with Crippen LogP contribution in [0.5, 0.6) is 0 Å². The van der Waals surface area contributed by atoms with E-state index in [2.05, 4.69) is 13.2 Å². The van der Waals surface area contributed by atoms with Crippen LogP contribution in [0, 0.1) is 0 Å². The molecule has 1 nitrogen and oxygen atoms in total. The van der Waals surface area contributed by atoms with Gasteiger partial charge in [0.1, 0.15) is 11.2 Å². The van der Waals surface area contributed by atoms with E-state index in [-0.39, 0.29) is 60.8 Å². The summed E-state index contributed by atoms with van der Waals surface area (Å²) in [7, 11) is 0. The molecule has 0 atom stereocenters. The van der Waals surface area contributed by atoms with Crippen LogP contribution in [0.15, 0.2) is 164 Å². The maximum absolute atomic E-state index is 9.44. The van der Waals surface area contributed by atoms with Crippen LogP contribution in [-0.2, 0) is 0 Å². The Labute approximate surface area is 305 Å². The molecule has 1 heteroatoms. The molecule has 0 unspecified atom stereocenters. The summed E-state index contributed by atoms with van der Waals surface area (Å²) in [5.41, 5.74) is 4.14. The smallest absolute Gasteiger partial charge is 0.136 e. The van der Waals surface area contributed by atoms with Crippen LogP contribution in [0.1, 0.15) is 40.1 Å². The maximum atomic E-state index is 9.44. The monoisotopic (exact) mass is 639 g/mol. The Morgan fingerprint density at radius 1 is 0.510 bits per heavy atom. The molecular formula is C48H34O. The van der Waals surface area contributed by atoms with Crippen LogP contribution in [0.2, 0.25) is 0 Å². The fourth-order valence-corrected chi connectivity index (χ4v) is 6.69. The van der Waals surface area contributed by atoms with Gasteiger partial charge < -0.3 is 4.42 Å². The lowest BCUT2D eigenvalue weighted by Crippen LogP contribution is -1.99. The number of hydrogen-bond acceptors (Lipinski definition) is 1. The first kappa shape index (κ1) is 18.8. The summed E-state index contributed by atoms with van der Waals surface area (Å²) >= 11 is 0. The molecule has 0 N–H and O–H groups in total. The number of benzene rings is 7. The van der Waals surface area contributed by atoms with Crippen molar-refractivity contribution in [3.8, 4) is 44.5 Å². The number of furan rings is 1. The largest absolute Gasteiger partial charge is 0.456 e. The van der Waals surface area contributed by atoms with Crippen molar-refractivity contribution in [2.45, 2.75) is 0 Å². The van der Waals surface area contributed by atoms with Crippen molar-refractivity contribution in [1.29, 1.82) is 0 Å². The lowest BCUT2D eigenvalue weighted by Gasteiger charge is -2.23. The first-order valence-corrected chi connectivity index (χ1v) is 15.4. The van der Waals surface area contributed by atoms with E-state index in [1.807, 2.05) is 48.5 Å². The minimum absolute atomic E-state index is 0.0103. The normalized spacial score (nSPS) is 15.8. The van der Waals surface area contributed by atoms with Crippen molar-refractivity contribution in [2.75, 3.05) is 0 Å². The summed E-state index contributed by atoms with van der Waals surface area (Å²) in [5.74, 6) is 0. The van der Waals surface area contributed by atoms with Crippen LogP contribution in [0.3, 0.4) is 0 Å². The maximum Gasteiger partial charge on any atom is 0.136 e. The van der Waals surface area contributed by atoms with Gasteiger partial charge >= 0.3 is 0 Å². The molecule has 8 rings (SSSR count). The van der Waals surface area contributed by atoms with E-state index in [1.165, 1.54) is 24.3 Å². The highest BCUT2D eigenvalue weighted by Crippen LogP contribution is 2.46. The van der Waals surface area contributed by atoms with Gasteiger partial charge in [0, 0.05) is 10.8 Å². The van der Waals surface area contributed by atoms with E-state index in [9.17, 15) is 5.48 Å². The van der Waals surface area contributed by atoms with Gasteiger partial charge in [0.15, 0.2) is 0 Å². The summed E-state index contributed by atoms with van der Waals surface area (Å²) in [6.45, 7) is 9.53. The molecule has 0 amide bonds. The minimum atomic E-state index is -0.579. The van der Waals surface area contributed by atoms with Gasteiger partial charge in [-0.25, -0.2) is 0 Å². The molecule has 0 saturated heterocycles. The summed E-state index contributed by atoms with van der Waals surface area (Å²) in [4.78, 5) is 0. The molecule has 8 aromatic rings. The van der Waals surface area contributed by atoms with Gasteiger partial charge in [-0.15, -0.1) is 0 Å². The van der Waals surface area contributed by atoms with E-state index < -0.39 is 66.5 Å². The summed E-state index contributed by atoms with van der Waals surface area (Å²) in [6, 6.07) is 18.2. The predicted octanol–water partition coefficient (Wildman–Crippen LogP) is 14.0. The number of fused-ring (bicyclic) bond motifs is 4. The molecular weight excluding hydrogens is 593 g/mol. The minimum Gasteiger partial charge on any atom is -0.456 e. The molecule has 232 valence electrons. The third kappa shape index (κ3) is 4.87. The Morgan fingerprint density at radius 2 is 1.14 bits per heavy atom. The van der Waals surface area contributed by atoms with Crippen molar-refractivity contribution in [1.82, 2.24) is 0 Å². The van der Waals surface area contributed by atoms with Gasteiger partial charge in [-0.2, -0.15) is 0 Å². The van der Waals surface area contributed by atoms with Crippen molar-refractivity contribution < 1.29 is 22.2 Å². The topological polar surface area (TPSA) is 13.1 Å². The first-order valence-electron chi connectivity index (χ1n) is 22.1. The molecule has 0 aliphatic heterocycles. The quantitative estimate of drug-likeness (QED) is 0.161. The highest BCUT2D eigenvalue weighted by Gasteiger charge is 2.22. The Morgan fingerprint density at radius 3 is 1.92 bits per heavy atom. The molecule has 0 fully saturated rings. The van der Waals surface area contributed by atoms with Gasteiger partial charge in [0.25, 0.3) is 0 Å². The Bertz CT molecular complexity index is 3290. The first-order chi connectivity index (χ1) is 29.7. The predicted molar refractivity (Wildman–Crippen MR) is 213 cm³/mol. The van der Waals surface area contributed by atoms with Gasteiger partial charge in [0.05, 0.1) is 17.8 Å². The average molecular weight is 640 g/mol. The van der Waals surface area contributed by atoms with Gasteiger partial charge in [-0.1, -0.05) is 160 Å². The van der Waals surface area contributed by atoms with E-state index in [0.717, 1.165) is 35.0 Å². The van der Waals surface area contributed by atoms with Crippen molar-refractivity contribution in [2.24, 2.45) is 0 Å². The highest BCUT2D eigenvalue weighted by atomic mass is 16.3. The summed E-state index contributed by atoms with van der Waals surface area (Å²) in [6.07, 6.45) is 2.84. The molecule has 0 aliphatic carbocycles. The van der Waals surface area contributed by atoms with Gasteiger partial charge in [-0.05, 0) is 102 Å². The van der Waals surface area contributed by atoms with Crippen LogP contribution < -0.4 is 0 Å². The second-order valence-corrected chi connectivity index (χ2v) is 11.3.